The van der Waals surface area contributed by atoms with Crippen molar-refractivity contribution in [3.63, 3.8) is 0 Å². The van der Waals surface area contributed by atoms with Crippen molar-refractivity contribution in [2.75, 3.05) is 25.7 Å². The third-order valence-corrected chi connectivity index (χ3v) is 8.79. The van der Waals surface area contributed by atoms with Crippen molar-refractivity contribution in [2.45, 2.75) is 104 Å². The van der Waals surface area contributed by atoms with E-state index in [0.29, 0.717) is 0 Å². The van der Waals surface area contributed by atoms with Crippen LogP contribution in [-0.4, -0.2) is 25.7 Å². The van der Waals surface area contributed by atoms with Crippen molar-refractivity contribution >= 4 is 7.26 Å². The Hall–Kier alpha value is 0.430. The molecule has 0 N–H and O–H groups in total. The van der Waals surface area contributed by atoms with E-state index in [-0.39, 0.29) is 0 Å². The summed E-state index contributed by atoms with van der Waals surface area (Å²) in [6.07, 6.45) is 23.7. The maximum absolute atomic E-state index is 2.55. The minimum absolute atomic E-state index is 0.780. The summed E-state index contributed by atoms with van der Waals surface area (Å²) in [4.78, 5) is 0. The summed E-state index contributed by atoms with van der Waals surface area (Å²) >= 11 is 0. The number of hydrogen-bond acceptors (Lipinski definition) is 0. The Morgan fingerprint density at radius 1 is 0.476 bits per heavy atom. The van der Waals surface area contributed by atoms with E-state index < -0.39 is 7.26 Å². The Kier molecular flexibility index (Phi) is 15.6. The van der Waals surface area contributed by atoms with Gasteiger partial charge < -0.3 is 0 Å². The number of rotatable bonds is 16. The fourth-order valence-electron chi connectivity index (χ4n) is 2.97. The molecule has 0 fully saturated rings. The molecule has 0 aliphatic carbocycles. The standard InChI is InChI=1S/C20H45P/c1-5-7-8-9-10-11-12-13-14-15-16-17-18-19-20-21(3,4)6-2/h21H,5-20H2,1-4H3. The van der Waals surface area contributed by atoms with Gasteiger partial charge in [0.1, 0.15) is 0 Å². The molecule has 0 atom stereocenters. The monoisotopic (exact) mass is 316 g/mol. The van der Waals surface area contributed by atoms with Gasteiger partial charge in [0.2, 0.25) is 0 Å². The van der Waals surface area contributed by atoms with E-state index in [0.717, 1.165) is 0 Å². The van der Waals surface area contributed by atoms with Crippen LogP contribution < -0.4 is 0 Å². The van der Waals surface area contributed by atoms with E-state index in [4.69, 9.17) is 0 Å². The summed E-state index contributed by atoms with van der Waals surface area (Å²) in [5.41, 5.74) is 0. The van der Waals surface area contributed by atoms with Gasteiger partial charge in [0.15, 0.2) is 0 Å². The molecule has 0 radical (unpaired) electrons. The first-order chi connectivity index (χ1) is 10.1. The molecule has 0 nitrogen and oxygen atoms in total. The SMILES string of the molecule is CCCCCCCCCCCCCCCC[PH](C)(C)CC. The summed E-state index contributed by atoms with van der Waals surface area (Å²) in [6, 6.07) is 0. The zero-order valence-corrected chi connectivity index (χ0v) is 16.8. The fourth-order valence-corrected chi connectivity index (χ4v) is 4.54. The maximum atomic E-state index is 2.55. The molecule has 0 saturated heterocycles. The van der Waals surface area contributed by atoms with Crippen LogP contribution >= 0.6 is 7.26 Å². The van der Waals surface area contributed by atoms with Gasteiger partial charge in [-0.15, -0.1) is 0 Å². The van der Waals surface area contributed by atoms with E-state index in [1.165, 1.54) is 96.1 Å². The second-order valence-corrected chi connectivity index (χ2v) is 13.4. The molecule has 0 aliphatic heterocycles. The van der Waals surface area contributed by atoms with Crippen molar-refractivity contribution in [2.24, 2.45) is 0 Å². The van der Waals surface area contributed by atoms with Gasteiger partial charge in [-0.25, -0.2) is 0 Å². The summed E-state index contributed by atoms with van der Waals surface area (Å²) < 4.78 is 0. The third kappa shape index (κ3) is 16.6. The van der Waals surface area contributed by atoms with Crippen LogP contribution in [0.1, 0.15) is 104 Å². The van der Waals surface area contributed by atoms with Crippen LogP contribution in [0.2, 0.25) is 0 Å². The molecule has 0 unspecified atom stereocenters. The molecule has 0 aliphatic rings. The van der Waals surface area contributed by atoms with E-state index >= 15 is 0 Å². The van der Waals surface area contributed by atoms with Gasteiger partial charge in [-0.3, -0.25) is 0 Å². The molecule has 0 aromatic rings. The van der Waals surface area contributed by atoms with Gasteiger partial charge in [-0.05, 0) is 0 Å². The van der Waals surface area contributed by atoms with Crippen LogP contribution in [0.3, 0.4) is 0 Å². The quantitative estimate of drug-likeness (QED) is 0.204. The molecule has 0 aromatic heterocycles. The van der Waals surface area contributed by atoms with E-state index in [1.54, 1.807) is 6.16 Å². The molecular weight excluding hydrogens is 271 g/mol. The molecule has 0 saturated carbocycles. The van der Waals surface area contributed by atoms with Crippen LogP contribution in [0.4, 0.5) is 0 Å². The van der Waals surface area contributed by atoms with Crippen molar-refractivity contribution in [3.8, 4) is 0 Å². The number of unbranched alkanes of at least 4 members (excludes halogenated alkanes) is 13. The van der Waals surface area contributed by atoms with Crippen molar-refractivity contribution in [1.82, 2.24) is 0 Å². The van der Waals surface area contributed by atoms with E-state index in [1.807, 2.05) is 0 Å². The zero-order chi connectivity index (χ0) is 15.8. The Morgan fingerprint density at radius 2 is 0.810 bits per heavy atom. The second kappa shape index (κ2) is 15.3. The molecule has 0 heterocycles. The Labute approximate surface area is 137 Å². The predicted molar refractivity (Wildman–Crippen MR) is 106 cm³/mol. The van der Waals surface area contributed by atoms with Crippen molar-refractivity contribution < 1.29 is 0 Å². The molecule has 21 heavy (non-hydrogen) atoms. The van der Waals surface area contributed by atoms with Crippen LogP contribution in [0.15, 0.2) is 0 Å². The summed E-state index contributed by atoms with van der Waals surface area (Å²) in [5.74, 6) is 0. The van der Waals surface area contributed by atoms with Crippen LogP contribution in [0.25, 0.3) is 0 Å². The number of hydrogen-bond donors (Lipinski definition) is 0. The zero-order valence-electron chi connectivity index (χ0n) is 15.8. The summed E-state index contributed by atoms with van der Waals surface area (Å²) in [6.45, 7) is 9.78. The summed E-state index contributed by atoms with van der Waals surface area (Å²) in [5, 5.41) is 0. The Morgan fingerprint density at radius 3 is 1.14 bits per heavy atom. The first kappa shape index (κ1) is 21.4. The molecular formula is C20H45P. The van der Waals surface area contributed by atoms with Gasteiger partial charge in [-0.1, -0.05) is 26.2 Å². The molecule has 0 aromatic carbocycles. The van der Waals surface area contributed by atoms with Gasteiger partial charge in [0.25, 0.3) is 0 Å². The van der Waals surface area contributed by atoms with Gasteiger partial charge in [0, 0.05) is 0 Å². The molecule has 0 rings (SSSR count). The summed E-state index contributed by atoms with van der Waals surface area (Å²) in [7, 11) is -0.780. The van der Waals surface area contributed by atoms with E-state index in [9.17, 15) is 0 Å². The van der Waals surface area contributed by atoms with E-state index in [2.05, 4.69) is 27.2 Å². The second-order valence-electron chi connectivity index (χ2n) is 7.86. The molecule has 1 heteroatoms. The molecule has 0 amide bonds. The first-order valence-electron chi connectivity index (χ1n) is 10.1. The topological polar surface area (TPSA) is 0 Å². The van der Waals surface area contributed by atoms with Crippen LogP contribution in [-0.2, 0) is 0 Å². The van der Waals surface area contributed by atoms with Gasteiger partial charge in [0.05, 0.1) is 0 Å². The average molecular weight is 317 g/mol. The average Bonchev–Trinajstić information content (AvgIpc) is 2.47. The first-order valence-corrected chi connectivity index (χ1v) is 13.5. The molecule has 0 spiro atoms. The minimum atomic E-state index is -0.780. The molecule has 130 valence electrons. The van der Waals surface area contributed by atoms with Crippen LogP contribution in [0.5, 0.6) is 0 Å². The van der Waals surface area contributed by atoms with Crippen molar-refractivity contribution in [1.29, 1.82) is 0 Å². The Bertz CT molecular complexity index is 198. The normalized spacial score (nSPS) is 12.8. The molecule has 0 bridgehead atoms. The fraction of sp³-hybridized carbons (Fsp3) is 1.00. The Balaban J connectivity index is 3.06. The third-order valence-electron chi connectivity index (χ3n) is 5.16. The van der Waals surface area contributed by atoms with Crippen LogP contribution in [0, 0.1) is 0 Å². The predicted octanol–water partition coefficient (Wildman–Crippen LogP) is 7.50. The van der Waals surface area contributed by atoms with Gasteiger partial charge in [-0.2, -0.15) is 0 Å². The van der Waals surface area contributed by atoms with Crippen molar-refractivity contribution in [3.05, 3.63) is 0 Å². The van der Waals surface area contributed by atoms with Gasteiger partial charge >= 0.3 is 110 Å².